The lowest BCUT2D eigenvalue weighted by molar-refractivity contribution is 0.0694. The van der Waals surface area contributed by atoms with Gasteiger partial charge in [-0.2, -0.15) is 0 Å². The van der Waals surface area contributed by atoms with E-state index >= 15 is 0 Å². The Morgan fingerprint density at radius 2 is 1.87 bits per heavy atom. The average molecular weight is 410 g/mol. The minimum Gasteiger partial charge on any atom is -0.358 e. The van der Waals surface area contributed by atoms with Crippen molar-refractivity contribution in [2.75, 3.05) is 6.54 Å². The molecular weight excluding hydrogens is 382 g/mol. The Labute approximate surface area is 182 Å². The summed E-state index contributed by atoms with van der Waals surface area (Å²) in [5, 5.41) is 1.14. The van der Waals surface area contributed by atoms with Gasteiger partial charge >= 0.3 is 0 Å². The first-order valence-electron chi connectivity index (χ1n) is 11.1. The molecule has 4 heteroatoms. The third-order valence-corrected chi connectivity index (χ3v) is 6.47. The van der Waals surface area contributed by atoms with Gasteiger partial charge in [-0.05, 0) is 60.6 Å². The van der Waals surface area contributed by atoms with Crippen molar-refractivity contribution in [1.82, 2.24) is 14.9 Å². The van der Waals surface area contributed by atoms with E-state index in [4.69, 9.17) is 0 Å². The molecule has 1 fully saturated rings. The monoisotopic (exact) mass is 409 g/mol. The number of likely N-dealkylation sites (tertiary alicyclic amines) is 1. The second-order valence-electron chi connectivity index (χ2n) is 8.59. The van der Waals surface area contributed by atoms with E-state index in [1.165, 1.54) is 11.3 Å². The summed E-state index contributed by atoms with van der Waals surface area (Å²) in [4.78, 5) is 23.1. The van der Waals surface area contributed by atoms with Crippen molar-refractivity contribution in [2.24, 2.45) is 5.92 Å². The van der Waals surface area contributed by atoms with Crippen molar-refractivity contribution < 1.29 is 4.79 Å². The quantitative estimate of drug-likeness (QED) is 0.459. The summed E-state index contributed by atoms with van der Waals surface area (Å²) in [5.74, 6) is 0.533. The van der Waals surface area contributed by atoms with Crippen molar-refractivity contribution in [2.45, 2.75) is 32.2 Å². The molecule has 4 aromatic rings. The van der Waals surface area contributed by atoms with E-state index in [1.807, 2.05) is 48.8 Å². The predicted octanol–water partition coefficient (Wildman–Crippen LogP) is 5.71. The van der Waals surface area contributed by atoms with Gasteiger partial charge < -0.3 is 9.88 Å². The van der Waals surface area contributed by atoms with E-state index < -0.39 is 0 Å². The van der Waals surface area contributed by atoms with Gasteiger partial charge in [-0.25, -0.2) is 0 Å². The van der Waals surface area contributed by atoms with Crippen LogP contribution >= 0.6 is 0 Å². The summed E-state index contributed by atoms with van der Waals surface area (Å²) in [5.41, 5.74) is 5.41. The zero-order valence-corrected chi connectivity index (χ0v) is 17.8. The molecule has 0 spiro atoms. The average Bonchev–Trinajstić information content (AvgIpc) is 3.46. The lowest BCUT2D eigenvalue weighted by Crippen LogP contribution is -2.40. The van der Waals surface area contributed by atoms with Crippen LogP contribution in [0.3, 0.4) is 0 Å². The molecule has 3 heterocycles. The highest BCUT2D eigenvalue weighted by molar-refractivity contribution is 5.95. The van der Waals surface area contributed by atoms with E-state index in [2.05, 4.69) is 52.1 Å². The molecule has 31 heavy (non-hydrogen) atoms. The molecule has 0 aliphatic carbocycles. The van der Waals surface area contributed by atoms with Gasteiger partial charge in [0.25, 0.3) is 5.91 Å². The molecular formula is C27H27N3O. The molecule has 2 aromatic heterocycles. The SMILES string of the molecule is CC(Cc1cc2cnccc2[nH]1)C1CCCN1C(=O)c1ccc(-c2ccccc2)cc1. The zero-order chi connectivity index (χ0) is 21.2. The van der Waals surface area contributed by atoms with E-state index in [-0.39, 0.29) is 11.9 Å². The van der Waals surface area contributed by atoms with Crippen LogP contribution in [0.15, 0.2) is 79.1 Å². The number of nitrogens with one attached hydrogen (secondary N) is 1. The Balaban J connectivity index is 1.30. The van der Waals surface area contributed by atoms with Gasteiger partial charge in [-0.15, -0.1) is 0 Å². The van der Waals surface area contributed by atoms with Crippen LogP contribution in [-0.2, 0) is 6.42 Å². The van der Waals surface area contributed by atoms with E-state index in [9.17, 15) is 4.79 Å². The van der Waals surface area contributed by atoms with Gasteiger partial charge in [-0.3, -0.25) is 9.78 Å². The Bertz CT molecular complexity index is 1150. The van der Waals surface area contributed by atoms with Gasteiger partial charge in [0.2, 0.25) is 0 Å². The lowest BCUT2D eigenvalue weighted by Gasteiger charge is -2.29. The minimum absolute atomic E-state index is 0.148. The number of benzene rings is 2. The number of hydrogen-bond acceptors (Lipinski definition) is 2. The number of fused-ring (bicyclic) bond motifs is 1. The van der Waals surface area contributed by atoms with Crippen LogP contribution in [0, 0.1) is 5.92 Å². The number of aromatic amines is 1. The normalized spacial score (nSPS) is 17.2. The Hall–Kier alpha value is -3.40. The van der Waals surface area contributed by atoms with Gasteiger partial charge in [0, 0.05) is 47.1 Å². The zero-order valence-electron chi connectivity index (χ0n) is 17.8. The predicted molar refractivity (Wildman–Crippen MR) is 125 cm³/mol. The third-order valence-electron chi connectivity index (χ3n) is 6.47. The van der Waals surface area contributed by atoms with Gasteiger partial charge in [0.1, 0.15) is 0 Å². The highest BCUT2D eigenvalue weighted by Gasteiger charge is 2.33. The number of carbonyl (C=O) groups excluding carboxylic acids is 1. The van der Waals surface area contributed by atoms with Crippen molar-refractivity contribution in [3.8, 4) is 11.1 Å². The summed E-state index contributed by atoms with van der Waals surface area (Å²) in [7, 11) is 0. The van der Waals surface area contributed by atoms with Crippen molar-refractivity contribution in [1.29, 1.82) is 0 Å². The summed E-state index contributed by atoms with van der Waals surface area (Å²) in [6.45, 7) is 3.10. The maximum absolute atomic E-state index is 13.3. The maximum atomic E-state index is 13.3. The topological polar surface area (TPSA) is 49.0 Å². The highest BCUT2D eigenvalue weighted by atomic mass is 16.2. The fraction of sp³-hybridized carbons (Fsp3) is 0.259. The van der Waals surface area contributed by atoms with Crippen LogP contribution < -0.4 is 0 Å². The number of rotatable bonds is 5. The highest BCUT2D eigenvalue weighted by Crippen LogP contribution is 2.29. The molecule has 0 saturated carbocycles. The van der Waals surface area contributed by atoms with Crippen molar-refractivity contribution in [3.63, 3.8) is 0 Å². The first-order valence-corrected chi connectivity index (χ1v) is 11.1. The molecule has 2 atom stereocenters. The standard InChI is InChI=1S/C27H27N3O/c1-19(16-24-17-23-18-28-14-13-25(23)29-24)26-8-5-15-30(26)27(31)22-11-9-21(10-12-22)20-6-3-2-4-7-20/h2-4,6-7,9-14,17-19,26,29H,5,8,15-16H2,1H3. The fourth-order valence-electron chi connectivity index (χ4n) is 4.86. The fourth-order valence-corrected chi connectivity index (χ4v) is 4.86. The molecule has 1 N–H and O–H groups in total. The number of H-pyrrole nitrogens is 1. The molecule has 2 aromatic carbocycles. The Kier molecular flexibility index (Phi) is 5.29. The van der Waals surface area contributed by atoms with Crippen LogP contribution in [0.25, 0.3) is 22.0 Å². The molecule has 156 valence electrons. The van der Waals surface area contributed by atoms with Crippen LogP contribution in [0.5, 0.6) is 0 Å². The van der Waals surface area contributed by atoms with Crippen LogP contribution in [-0.4, -0.2) is 33.4 Å². The summed E-state index contributed by atoms with van der Waals surface area (Å²) in [6, 6.07) is 22.8. The third kappa shape index (κ3) is 3.98. The van der Waals surface area contributed by atoms with Crippen molar-refractivity contribution in [3.05, 3.63) is 90.4 Å². The molecule has 0 bridgehead atoms. The number of nitrogens with zero attached hydrogens (tertiary/aromatic N) is 2. The largest absolute Gasteiger partial charge is 0.358 e. The van der Waals surface area contributed by atoms with Gasteiger partial charge in [0.05, 0.1) is 0 Å². The molecule has 5 rings (SSSR count). The summed E-state index contributed by atoms with van der Waals surface area (Å²) < 4.78 is 0. The van der Waals surface area contributed by atoms with Crippen LogP contribution in [0.1, 0.15) is 35.8 Å². The second kappa shape index (κ2) is 8.38. The first-order chi connectivity index (χ1) is 15.2. The Morgan fingerprint density at radius 3 is 2.65 bits per heavy atom. The number of carbonyl (C=O) groups is 1. The first kappa shape index (κ1) is 19.6. The number of aromatic nitrogens is 2. The van der Waals surface area contributed by atoms with E-state index in [1.54, 1.807) is 0 Å². The van der Waals surface area contributed by atoms with E-state index in [0.717, 1.165) is 47.8 Å². The molecule has 4 nitrogen and oxygen atoms in total. The molecule has 1 saturated heterocycles. The number of amides is 1. The summed E-state index contributed by atoms with van der Waals surface area (Å²) in [6.07, 6.45) is 6.77. The van der Waals surface area contributed by atoms with E-state index in [0.29, 0.717) is 5.92 Å². The van der Waals surface area contributed by atoms with Crippen LogP contribution in [0.4, 0.5) is 0 Å². The maximum Gasteiger partial charge on any atom is 0.254 e. The number of pyridine rings is 1. The lowest BCUT2D eigenvalue weighted by atomic mass is 9.94. The smallest absolute Gasteiger partial charge is 0.254 e. The molecule has 2 unspecified atom stereocenters. The number of hydrogen-bond donors (Lipinski definition) is 1. The second-order valence-corrected chi connectivity index (χ2v) is 8.59. The Morgan fingerprint density at radius 1 is 1.10 bits per heavy atom. The molecule has 1 aliphatic heterocycles. The molecule has 1 aliphatic rings. The molecule has 1 amide bonds. The minimum atomic E-state index is 0.148. The summed E-state index contributed by atoms with van der Waals surface area (Å²) >= 11 is 0. The van der Waals surface area contributed by atoms with Gasteiger partial charge in [0.15, 0.2) is 0 Å². The van der Waals surface area contributed by atoms with Gasteiger partial charge in [-0.1, -0.05) is 49.4 Å². The molecule has 0 radical (unpaired) electrons. The van der Waals surface area contributed by atoms with Crippen molar-refractivity contribution >= 4 is 16.8 Å². The van der Waals surface area contributed by atoms with Crippen LogP contribution in [0.2, 0.25) is 0 Å².